The number of hydrogen-bond acceptors (Lipinski definition) is 4. The molecule has 6 nitrogen and oxygen atoms in total. The molecule has 35 heavy (non-hydrogen) atoms. The quantitative estimate of drug-likeness (QED) is 0.426. The first-order chi connectivity index (χ1) is 17.0. The lowest BCUT2D eigenvalue weighted by Gasteiger charge is -2.45. The van der Waals surface area contributed by atoms with Crippen molar-refractivity contribution in [3.63, 3.8) is 0 Å². The molecule has 2 fully saturated rings. The molecule has 1 unspecified atom stereocenters. The molecule has 2 aliphatic carbocycles. The number of nitrogens with zero attached hydrogens (tertiary/aromatic N) is 2. The average Bonchev–Trinajstić information content (AvgIpc) is 2.88. The van der Waals surface area contributed by atoms with Crippen LogP contribution in [0.25, 0.3) is 0 Å². The van der Waals surface area contributed by atoms with E-state index in [1.165, 1.54) is 18.4 Å². The number of hydrogen-bond donors (Lipinski definition) is 0. The Hall–Kier alpha value is -2.50. The fourth-order valence-corrected chi connectivity index (χ4v) is 5.77. The third-order valence-electron chi connectivity index (χ3n) is 7.90. The summed E-state index contributed by atoms with van der Waals surface area (Å²) in [6, 6.07) is 5.24. The molecule has 1 saturated carbocycles. The molecule has 1 heterocycles. The summed E-state index contributed by atoms with van der Waals surface area (Å²) in [6.07, 6.45) is 12.9. The fourth-order valence-electron chi connectivity index (χ4n) is 5.77. The third-order valence-corrected chi connectivity index (χ3v) is 7.90. The summed E-state index contributed by atoms with van der Waals surface area (Å²) in [5.41, 5.74) is 2.22. The first kappa shape index (κ1) is 25.6. The first-order valence-corrected chi connectivity index (χ1v) is 13.6. The van der Waals surface area contributed by atoms with E-state index in [4.69, 9.17) is 9.47 Å². The van der Waals surface area contributed by atoms with Crippen LogP contribution in [0.5, 0.6) is 11.5 Å². The van der Waals surface area contributed by atoms with Crippen LogP contribution < -0.4 is 9.47 Å². The van der Waals surface area contributed by atoms with Crippen molar-refractivity contribution in [3.8, 4) is 11.5 Å². The van der Waals surface area contributed by atoms with Crippen molar-refractivity contribution in [2.45, 2.75) is 90.1 Å². The number of rotatable bonds is 9. The number of methoxy groups -OCH3 is 1. The summed E-state index contributed by atoms with van der Waals surface area (Å²) in [7, 11) is 1.62. The molecule has 1 aliphatic heterocycles. The van der Waals surface area contributed by atoms with Gasteiger partial charge in [-0.05, 0) is 87.8 Å². The number of amides is 2. The minimum Gasteiger partial charge on any atom is -0.493 e. The Kier molecular flexibility index (Phi) is 8.74. The van der Waals surface area contributed by atoms with E-state index in [-0.39, 0.29) is 24.4 Å². The van der Waals surface area contributed by atoms with Gasteiger partial charge >= 0.3 is 0 Å². The Morgan fingerprint density at radius 1 is 1.06 bits per heavy atom. The van der Waals surface area contributed by atoms with Crippen LogP contribution in [-0.2, 0) is 9.59 Å². The van der Waals surface area contributed by atoms with Crippen LogP contribution in [0.3, 0.4) is 0 Å². The topological polar surface area (TPSA) is 59.1 Å². The molecular weight excluding hydrogens is 440 g/mol. The summed E-state index contributed by atoms with van der Waals surface area (Å²) >= 11 is 0. The van der Waals surface area contributed by atoms with Gasteiger partial charge in [-0.1, -0.05) is 31.6 Å². The van der Waals surface area contributed by atoms with Gasteiger partial charge in [-0.25, -0.2) is 0 Å². The third kappa shape index (κ3) is 6.02. The van der Waals surface area contributed by atoms with Crippen molar-refractivity contribution in [1.82, 2.24) is 9.80 Å². The van der Waals surface area contributed by atoms with Crippen LogP contribution in [0.1, 0.15) is 89.7 Å². The average molecular weight is 483 g/mol. The molecule has 6 heteroatoms. The highest BCUT2D eigenvalue weighted by Gasteiger charge is 2.43. The van der Waals surface area contributed by atoms with Gasteiger partial charge in [0.25, 0.3) is 5.91 Å². The Labute approximate surface area is 210 Å². The Morgan fingerprint density at radius 3 is 2.54 bits per heavy atom. The maximum Gasteiger partial charge on any atom is 0.250 e. The number of piperazine rings is 1. The van der Waals surface area contributed by atoms with Crippen LogP contribution >= 0.6 is 0 Å². The summed E-state index contributed by atoms with van der Waals surface area (Å²) in [5.74, 6) is 2.07. The summed E-state index contributed by atoms with van der Waals surface area (Å²) in [6.45, 7) is 5.71. The highest BCUT2D eigenvalue weighted by atomic mass is 16.5. The molecule has 1 aromatic carbocycles. The van der Waals surface area contributed by atoms with Gasteiger partial charge in [-0.2, -0.15) is 0 Å². The van der Waals surface area contributed by atoms with E-state index in [2.05, 4.69) is 19.9 Å². The molecule has 0 bridgehead atoms. The van der Waals surface area contributed by atoms with Gasteiger partial charge in [0.1, 0.15) is 12.6 Å². The molecule has 0 spiro atoms. The lowest BCUT2D eigenvalue weighted by Crippen LogP contribution is -2.58. The smallest absolute Gasteiger partial charge is 0.250 e. The lowest BCUT2D eigenvalue weighted by molar-refractivity contribution is -0.159. The van der Waals surface area contributed by atoms with Gasteiger partial charge in [-0.3, -0.25) is 9.59 Å². The van der Waals surface area contributed by atoms with E-state index in [0.29, 0.717) is 30.6 Å². The Morgan fingerprint density at radius 2 is 1.86 bits per heavy atom. The molecule has 1 atom stereocenters. The van der Waals surface area contributed by atoms with E-state index in [0.717, 1.165) is 56.9 Å². The second kappa shape index (κ2) is 12.0. The van der Waals surface area contributed by atoms with E-state index in [1.807, 2.05) is 28.0 Å². The Balaban J connectivity index is 1.62. The van der Waals surface area contributed by atoms with Crippen molar-refractivity contribution in [1.29, 1.82) is 0 Å². The molecule has 3 aliphatic rings. The first-order valence-electron chi connectivity index (χ1n) is 13.6. The number of carbonyl (C=O) groups is 2. The maximum absolute atomic E-state index is 14.0. The van der Waals surface area contributed by atoms with Gasteiger partial charge in [-0.15, -0.1) is 0 Å². The molecule has 0 N–H and O–H groups in total. The molecule has 1 aromatic rings. The summed E-state index contributed by atoms with van der Waals surface area (Å²) in [4.78, 5) is 31.2. The van der Waals surface area contributed by atoms with Gasteiger partial charge in [0.15, 0.2) is 11.5 Å². The zero-order valence-electron chi connectivity index (χ0n) is 21.8. The van der Waals surface area contributed by atoms with Gasteiger partial charge in [0.2, 0.25) is 5.91 Å². The van der Waals surface area contributed by atoms with Gasteiger partial charge in [0, 0.05) is 12.6 Å². The number of benzene rings is 1. The van der Waals surface area contributed by atoms with Crippen LogP contribution in [0.4, 0.5) is 0 Å². The number of carbonyl (C=O) groups excluding carboxylic acids is 2. The van der Waals surface area contributed by atoms with Crippen molar-refractivity contribution < 1.29 is 19.1 Å². The molecule has 1 saturated heterocycles. The van der Waals surface area contributed by atoms with E-state index < -0.39 is 6.04 Å². The van der Waals surface area contributed by atoms with Gasteiger partial charge < -0.3 is 19.3 Å². The summed E-state index contributed by atoms with van der Waals surface area (Å²) in [5, 5.41) is 0. The van der Waals surface area contributed by atoms with Crippen LogP contribution in [0.15, 0.2) is 29.8 Å². The molecule has 0 radical (unpaired) electrons. The zero-order chi connectivity index (χ0) is 24.8. The normalized spacial score (nSPS) is 25.5. The molecule has 0 aromatic heterocycles. The van der Waals surface area contributed by atoms with Crippen molar-refractivity contribution in [2.75, 3.05) is 26.8 Å². The molecule has 4 rings (SSSR count). The largest absolute Gasteiger partial charge is 0.493 e. The van der Waals surface area contributed by atoms with Crippen molar-refractivity contribution >= 4 is 11.8 Å². The second-order valence-electron chi connectivity index (χ2n) is 10.5. The fraction of sp³-hybridized carbons (Fsp3) is 0.655. The predicted molar refractivity (Wildman–Crippen MR) is 138 cm³/mol. The van der Waals surface area contributed by atoms with Crippen LogP contribution in [0.2, 0.25) is 0 Å². The van der Waals surface area contributed by atoms with E-state index in [9.17, 15) is 9.59 Å². The number of allylic oxidation sites excluding steroid dienone is 1. The lowest BCUT2D eigenvalue weighted by atomic mass is 9.85. The monoisotopic (exact) mass is 482 g/mol. The van der Waals surface area contributed by atoms with Gasteiger partial charge in [0.05, 0.1) is 13.7 Å². The van der Waals surface area contributed by atoms with Crippen molar-refractivity contribution in [3.05, 3.63) is 35.4 Å². The minimum absolute atomic E-state index is 0.0473. The zero-order valence-corrected chi connectivity index (χ0v) is 21.8. The van der Waals surface area contributed by atoms with Crippen LogP contribution in [-0.4, -0.2) is 54.5 Å². The molecule has 2 amide bonds. The van der Waals surface area contributed by atoms with E-state index >= 15 is 0 Å². The Bertz CT molecular complexity index is 919. The SMILES string of the molecule is CCCOc1ccc(C2C(=O)N(C3CCC(C)CC3)CC(=O)N2CCC2=CCCCC2)cc1OC. The second-order valence-corrected chi connectivity index (χ2v) is 10.5. The van der Waals surface area contributed by atoms with Crippen molar-refractivity contribution in [2.24, 2.45) is 5.92 Å². The van der Waals surface area contributed by atoms with Crippen LogP contribution in [0, 0.1) is 5.92 Å². The highest BCUT2D eigenvalue weighted by molar-refractivity contribution is 5.96. The predicted octanol–water partition coefficient (Wildman–Crippen LogP) is 5.67. The summed E-state index contributed by atoms with van der Waals surface area (Å²) < 4.78 is 11.5. The molecular formula is C29H42N2O4. The minimum atomic E-state index is -0.617. The standard InChI is InChI=1S/C29H42N2O4/c1-4-18-35-25-15-12-23(19-26(25)34-3)28-29(33)31(24-13-10-21(2)11-14-24)20-27(32)30(28)17-16-22-8-6-5-7-9-22/h8,12,15,19,21,24,28H,4-7,9-11,13-14,16-18,20H2,1-3H3. The van der Waals surface area contributed by atoms with E-state index in [1.54, 1.807) is 7.11 Å². The molecule has 192 valence electrons. The number of ether oxygens (including phenoxy) is 2. The maximum atomic E-state index is 14.0. The highest BCUT2D eigenvalue weighted by Crippen LogP contribution is 2.37.